The first-order chi connectivity index (χ1) is 11.0. The monoisotopic (exact) mass is 310 g/mol. The molecule has 0 saturated carbocycles. The van der Waals surface area contributed by atoms with Crippen molar-refractivity contribution in [1.29, 1.82) is 0 Å². The summed E-state index contributed by atoms with van der Waals surface area (Å²) in [5.41, 5.74) is 0.787. The number of hydrogen-bond donors (Lipinski definition) is 1. The van der Waals surface area contributed by atoms with Gasteiger partial charge >= 0.3 is 5.97 Å². The number of fused-ring (bicyclic) bond motifs is 1. The minimum atomic E-state index is -1.14. The van der Waals surface area contributed by atoms with Gasteiger partial charge in [-0.15, -0.1) is 0 Å². The van der Waals surface area contributed by atoms with Crippen LogP contribution in [0.4, 0.5) is 4.39 Å². The molecule has 0 unspecified atom stereocenters. The highest BCUT2D eigenvalue weighted by Crippen LogP contribution is 2.30. The van der Waals surface area contributed by atoms with E-state index in [0.717, 1.165) is 0 Å². The van der Waals surface area contributed by atoms with Gasteiger partial charge in [-0.2, -0.15) is 0 Å². The lowest BCUT2D eigenvalue weighted by molar-refractivity contribution is 0.0692. The lowest BCUT2D eigenvalue weighted by Gasteiger charge is -2.09. The third-order valence-corrected chi connectivity index (χ3v) is 3.49. The van der Waals surface area contributed by atoms with Crippen LogP contribution in [0.15, 0.2) is 42.7 Å². The number of aromatic carboxylic acids is 1. The Bertz CT molecular complexity index is 954. The molecule has 0 bridgehead atoms. The number of nitrogens with zero attached hydrogens (tertiary/aromatic N) is 2. The molecular weight excluding hydrogens is 299 g/mol. The molecule has 114 valence electrons. The maximum absolute atomic E-state index is 14.0. The molecular formula is C17H11FN2O3. The molecule has 0 radical (unpaired) electrons. The van der Waals surface area contributed by atoms with E-state index in [0.29, 0.717) is 21.9 Å². The molecule has 0 aliphatic heterocycles. The largest absolute Gasteiger partial charge is 0.476 e. The van der Waals surface area contributed by atoms with E-state index in [2.05, 4.69) is 9.97 Å². The summed E-state index contributed by atoms with van der Waals surface area (Å²) in [7, 11) is 0. The number of ketones is 1. The Morgan fingerprint density at radius 2 is 1.87 bits per heavy atom. The van der Waals surface area contributed by atoms with E-state index in [-0.39, 0.29) is 11.4 Å². The first kappa shape index (κ1) is 14.8. The minimum absolute atomic E-state index is 0.0712. The van der Waals surface area contributed by atoms with Gasteiger partial charge in [-0.05, 0) is 23.1 Å². The molecule has 3 aromatic rings. The highest BCUT2D eigenvalue weighted by molar-refractivity contribution is 6.06. The van der Waals surface area contributed by atoms with Crippen LogP contribution in [0.25, 0.3) is 21.9 Å². The zero-order chi connectivity index (χ0) is 16.6. The number of rotatable bonds is 3. The Kier molecular flexibility index (Phi) is 3.57. The van der Waals surface area contributed by atoms with Gasteiger partial charge in [0.1, 0.15) is 5.69 Å². The summed E-state index contributed by atoms with van der Waals surface area (Å²) < 4.78 is 14.0. The molecule has 0 atom stereocenters. The van der Waals surface area contributed by atoms with Gasteiger partial charge in [0, 0.05) is 30.3 Å². The number of pyridine rings is 2. The van der Waals surface area contributed by atoms with Crippen molar-refractivity contribution in [2.75, 3.05) is 0 Å². The van der Waals surface area contributed by atoms with Gasteiger partial charge in [0.05, 0.1) is 0 Å². The van der Waals surface area contributed by atoms with Crippen LogP contribution in [-0.4, -0.2) is 26.8 Å². The van der Waals surface area contributed by atoms with Crippen molar-refractivity contribution >= 4 is 22.5 Å². The molecule has 2 aromatic heterocycles. The second-order valence-electron chi connectivity index (χ2n) is 4.98. The van der Waals surface area contributed by atoms with Crippen LogP contribution < -0.4 is 0 Å². The molecule has 6 heteroatoms. The van der Waals surface area contributed by atoms with Gasteiger partial charge < -0.3 is 5.11 Å². The molecule has 5 nitrogen and oxygen atoms in total. The number of halogens is 1. The summed E-state index contributed by atoms with van der Waals surface area (Å²) in [4.78, 5) is 30.3. The number of hydrogen-bond acceptors (Lipinski definition) is 4. The number of carboxylic acids is 1. The summed E-state index contributed by atoms with van der Waals surface area (Å²) in [6.45, 7) is 1.24. The van der Waals surface area contributed by atoms with Crippen LogP contribution >= 0.6 is 0 Å². The standard InChI is InChI=1S/C17H11FN2O3/c1-9(21)15-14(18)7-10(8-20-15)11-3-2-4-13-12(11)5-6-19-16(13)17(22)23/h2-8H,1H3,(H,22,23). The van der Waals surface area contributed by atoms with E-state index in [4.69, 9.17) is 0 Å². The number of aromatic nitrogens is 2. The summed E-state index contributed by atoms with van der Waals surface area (Å²) in [6.07, 6.45) is 2.79. The van der Waals surface area contributed by atoms with E-state index in [9.17, 15) is 19.1 Å². The van der Waals surface area contributed by atoms with E-state index in [1.54, 1.807) is 24.3 Å². The highest BCUT2D eigenvalue weighted by Gasteiger charge is 2.15. The number of carbonyl (C=O) groups excluding carboxylic acids is 1. The number of carboxylic acid groups (broad SMARTS) is 1. The van der Waals surface area contributed by atoms with Crippen LogP contribution in [0.5, 0.6) is 0 Å². The molecule has 0 amide bonds. The number of Topliss-reactive ketones (excluding diaryl/α,β-unsaturated/α-hetero) is 1. The zero-order valence-corrected chi connectivity index (χ0v) is 12.1. The molecule has 1 N–H and O–H groups in total. The van der Waals surface area contributed by atoms with E-state index >= 15 is 0 Å². The van der Waals surface area contributed by atoms with Crippen LogP contribution in [0, 0.1) is 5.82 Å². The van der Waals surface area contributed by atoms with Crippen molar-refractivity contribution in [1.82, 2.24) is 9.97 Å². The lowest BCUT2D eigenvalue weighted by atomic mass is 9.98. The van der Waals surface area contributed by atoms with Crippen LogP contribution in [-0.2, 0) is 0 Å². The summed E-state index contributed by atoms with van der Waals surface area (Å²) in [5.74, 6) is -2.30. The average molecular weight is 310 g/mol. The van der Waals surface area contributed by atoms with Crippen molar-refractivity contribution in [2.24, 2.45) is 0 Å². The van der Waals surface area contributed by atoms with Crippen molar-refractivity contribution in [3.63, 3.8) is 0 Å². The molecule has 0 spiro atoms. The quantitative estimate of drug-likeness (QED) is 0.750. The predicted molar refractivity (Wildman–Crippen MR) is 81.9 cm³/mol. The third-order valence-electron chi connectivity index (χ3n) is 3.49. The fraction of sp³-hybridized carbons (Fsp3) is 0.0588. The molecule has 3 rings (SSSR count). The SMILES string of the molecule is CC(=O)c1ncc(-c2cccc3c(C(=O)O)nccc23)cc1F. The summed E-state index contributed by atoms with van der Waals surface area (Å²) >= 11 is 0. The minimum Gasteiger partial charge on any atom is -0.476 e. The van der Waals surface area contributed by atoms with Crippen molar-refractivity contribution in [3.05, 3.63) is 59.9 Å². The average Bonchev–Trinajstić information content (AvgIpc) is 2.53. The van der Waals surface area contributed by atoms with Gasteiger partial charge in [-0.25, -0.2) is 19.2 Å². The van der Waals surface area contributed by atoms with Crippen molar-refractivity contribution in [3.8, 4) is 11.1 Å². The molecule has 0 aliphatic rings. The van der Waals surface area contributed by atoms with E-state index in [1.165, 1.54) is 25.4 Å². The Morgan fingerprint density at radius 1 is 1.09 bits per heavy atom. The van der Waals surface area contributed by atoms with Gasteiger partial charge in [-0.3, -0.25) is 4.79 Å². The highest BCUT2D eigenvalue weighted by atomic mass is 19.1. The zero-order valence-electron chi connectivity index (χ0n) is 12.1. The summed E-state index contributed by atoms with van der Waals surface area (Å²) in [6, 6.07) is 7.93. The second-order valence-corrected chi connectivity index (χ2v) is 4.98. The molecule has 23 heavy (non-hydrogen) atoms. The third kappa shape index (κ3) is 2.55. The van der Waals surface area contributed by atoms with Crippen LogP contribution in [0.2, 0.25) is 0 Å². The molecule has 1 aromatic carbocycles. The van der Waals surface area contributed by atoms with Gasteiger partial charge in [-0.1, -0.05) is 18.2 Å². The molecule has 0 fully saturated rings. The lowest BCUT2D eigenvalue weighted by Crippen LogP contribution is -2.02. The van der Waals surface area contributed by atoms with E-state index < -0.39 is 17.6 Å². The predicted octanol–water partition coefficient (Wildman–Crippen LogP) is 3.34. The smallest absolute Gasteiger partial charge is 0.355 e. The van der Waals surface area contributed by atoms with Gasteiger partial charge in [0.15, 0.2) is 17.3 Å². The maximum atomic E-state index is 14.0. The van der Waals surface area contributed by atoms with Gasteiger partial charge in [0.2, 0.25) is 0 Å². The molecule has 0 saturated heterocycles. The Hall–Kier alpha value is -3.15. The molecule has 0 aliphatic carbocycles. The Morgan fingerprint density at radius 3 is 2.52 bits per heavy atom. The first-order valence-corrected chi connectivity index (χ1v) is 6.77. The summed E-state index contributed by atoms with van der Waals surface area (Å²) in [5, 5.41) is 10.3. The fourth-order valence-corrected chi connectivity index (χ4v) is 2.47. The normalized spacial score (nSPS) is 10.7. The second kappa shape index (κ2) is 5.57. The number of carbonyl (C=O) groups is 2. The first-order valence-electron chi connectivity index (χ1n) is 6.77. The topological polar surface area (TPSA) is 80.2 Å². The Balaban J connectivity index is 2.25. The van der Waals surface area contributed by atoms with Crippen LogP contribution in [0.3, 0.4) is 0 Å². The number of benzene rings is 1. The van der Waals surface area contributed by atoms with Gasteiger partial charge in [0.25, 0.3) is 0 Å². The fourth-order valence-electron chi connectivity index (χ4n) is 2.47. The molecule has 2 heterocycles. The van der Waals surface area contributed by atoms with E-state index in [1.807, 2.05) is 0 Å². The Labute approximate surface area is 130 Å². The van der Waals surface area contributed by atoms with Crippen molar-refractivity contribution < 1.29 is 19.1 Å². The van der Waals surface area contributed by atoms with Crippen molar-refractivity contribution in [2.45, 2.75) is 6.92 Å². The maximum Gasteiger partial charge on any atom is 0.355 e. The van der Waals surface area contributed by atoms with Crippen LogP contribution in [0.1, 0.15) is 27.9 Å².